The first-order chi connectivity index (χ1) is 13.8. The third kappa shape index (κ3) is 5.36. The molecule has 1 aliphatic rings. The van der Waals surface area contributed by atoms with Crippen LogP contribution in [0.15, 0.2) is 48.5 Å². The molecule has 29 heavy (non-hydrogen) atoms. The van der Waals surface area contributed by atoms with E-state index in [1.54, 1.807) is 0 Å². The monoisotopic (exact) mass is 409 g/mol. The smallest absolute Gasteiger partial charge is 0.227 e. The van der Waals surface area contributed by atoms with E-state index < -0.39 is 0 Å². The number of rotatable bonds is 6. The van der Waals surface area contributed by atoms with Crippen LogP contribution in [0.3, 0.4) is 0 Å². The zero-order valence-corrected chi connectivity index (χ0v) is 18.6. The van der Waals surface area contributed by atoms with E-state index >= 15 is 0 Å². The number of anilines is 2. The van der Waals surface area contributed by atoms with Crippen molar-refractivity contribution in [2.24, 2.45) is 0 Å². The van der Waals surface area contributed by atoms with Crippen molar-refractivity contribution in [3.8, 4) is 0 Å². The molecule has 3 rings (SSSR count). The van der Waals surface area contributed by atoms with Crippen LogP contribution in [-0.2, 0) is 10.2 Å². The minimum absolute atomic E-state index is 0.0593. The van der Waals surface area contributed by atoms with E-state index in [0.29, 0.717) is 11.5 Å². The molecule has 0 saturated carbocycles. The summed E-state index contributed by atoms with van der Waals surface area (Å²) < 4.78 is 0. The molecule has 1 fully saturated rings. The van der Waals surface area contributed by atoms with Crippen LogP contribution in [0.1, 0.15) is 51.2 Å². The zero-order valence-electron chi connectivity index (χ0n) is 17.8. The second-order valence-electron chi connectivity index (χ2n) is 8.60. The van der Waals surface area contributed by atoms with Gasteiger partial charge in [-0.2, -0.15) is 0 Å². The van der Waals surface area contributed by atoms with Gasteiger partial charge in [0.15, 0.2) is 5.11 Å². The fraction of sp³-hybridized carbons (Fsp3) is 0.417. The molecule has 1 heterocycles. The molecule has 2 aromatic rings. The highest BCUT2D eigenvalue weighted by Gasteiger charge is 2.24. The molecule has 0 aromatic heterocycles. The predicted molar refractivity (Wildman–Crippen MR) is 126 cm³/mol. The van der Waals surface area contributed by atoms with E-state index in [2.05, 4.69) is 55.7 Å². The molecule has 154 valence electrons. The van der Waals surface area contributed by atoms with E-state index in [1.807, 2.05) is 36.1 Å². The van der Waals surface area contributed by atoms with E-state index in [0.717, 1.165) is 36.3 Å². The van der Waals surface area contributed by atoms with E-state index in [1.165, 1.54) is 5.56 Å². The number of carbonyl (C=O) groups excluding carboxylic acids is 1. The maximum absolute atomic E-state index is 12.0. The fourth-order valence-electron chi connectivity index (χ4n) is 4.15. The Hall–Kier alpha value is -2.40. The van der Waals surface area contributed by atoms with Crippen LogP contribution in [0.4, 0.5) is 11.4 Å². The molecular weight excluding hydrogens is 378 g/mol. The van der Waals surface area contributed by atoms with E-state index in [-0.39, 0.29) is 17.4 Å². The molecule has 4 nitrogen and oxygen atoms in total. The Morgan fingerprint density at radius 3 is 2.55 bits per heavy atom. The van der Waals surface area contributed by atoms with Gasteiger partial charge in [0.2, 0.25) is 5.91 Å². The Balaban J connectivity index is 1.57. The van der Waals surface area contributed by atoms with Crippen LogP contribution in [0, 0.1) is 6.92 Å². The van der Waals surface area contributed by atoms with Gasteiger partial charge >= 0.3 is 0 Å². The molecule has 0 unspecified atom stereocenters. The van der Waals surface area contributed by atoms with Crippen molar-refractivity contribution in [3.05, 3.63) is 59.7 Å². The third-order valence-electron chi connectivity index (χ3n) is 5.57. The molecular formula is C24H31N3OS. The van der Waals surface area contributed by atoms with Crippen molar-refractivity contribution in [1.29, 1.82) is 0 Å². The topological polar surface area (TPSA) is 44.4 Å². The Bertz CT molecular complexity index is 879. The maximum atomic E-state index is 12.0. The summed E-state index contributed by atoms with van der Waals surface area (Å²) in [5.41, 5.74) is 4.39. The van der Waals surface area contributed by atoms with Crippen LogP contribution in [-0.4, -0.2) is 23.6 Å². The Morgan fingerprint density at radius 2 is 1.93 bits per heavy atom. The SMILES string of the molecule is Cc1cc(NC(=S)N[C@@H](C)CC(C)(C)c2ccccc2)ccc1N1CCCC1=O. The van der Waals surface area contributed by atoms with Gasteiger partial charge in [-0.3, -0.25) is 4.79 Å². The predicted octanol–water partition coefficient (Wildman–Crippen LogP) is 5.16. The number of nitrogens with one attached hydrogen (secondary N) is 2. The molecule has 1 saturated heterocycles. The number of nitrogens with zero attached hydrogens (tertiary/aromatic N) is 1. The molecule has 1 aliphatic heterocycles. The minimum Gasteiger partial charge on any atom is -0.360 e. The number of aryl methyl sites for hydroxylation is 1. The Kier molecular flexibility index (Phi) is 6.58. The second kappa shape index (κ2) is 8.95. The minimum atomic E-state index is 0.0593. The average molecular weight is 410 g/mol. The fourth-order valence-corrected chi connectivity index (χ4v) is 4.47. The maximum Gasteiger partial charge on any atom is 0.227 e. The number of hydrogen-bond donors (Lipinski definition) is 2. The number of carbonyl (C=O) groups is 1. The van der Waals surface area contributed by atoms with Crippen LogP contribution < -0.4 is 15.5 Å². The summed E-state index contributed by atoms with van der Waals surface area (Å²) in [6.07, 6.45) is 2.54. The van der Waals surface area contributed by atoms with Gasteiger partial charge in [-0.15, -0.1) is 0 Å². The number of amides is 1. The first-order valence-electron chi connectivity index (χ1n) is 10.3. The van der Waals surface area contributed by atoms with Gasteiger partial charge in [-0.25, -0.2) is 0 Å². The lowest BCUT2D eigenvalue weighted by molar-refractivity contribution is -0.117. The quantitative estimate of drug-likeness (QED) is 0.647. The molecule has 0 radical (unpaired) electrons. The highest BCUT2D eigenvalue weighted by molar-refractivity contribution is 7.80. The standard InChI is InChI=1S/C24H31N3OS/c1-17-15-20(12-13-21(17)27-14-8-11-22(27)28)26-23(29)25-18(2)16-24(3,4)19-9-6-5-7-10-19/h5-7,9-10,12-13,15,18H,8,11,14,16H2,1-4H3,(H2,25,26,29)/t18-/m0/s1. The Labute approximate surface area is 179 Å². The van der Waals surface area contributed by atoms with Crippen molar-refractivity contribution in [3.63, 3.8) is 0 Å². The highest BCUT2D eigenvalue weighted by atomic mass is 32.1. The Morgan fingerprint density at radius 1 is 1.21 bits per heavy atom. The third-order valence-corrected chi connectivity index (χ3v) is 5.79. The van der Waals surface area contributed by atoms with Gasteiger partial charge in [-0.1, -0.05) is 44.2 Å². The molecule has 1 atom stereocenters. The molecule has 0 spiro atoms. The largest absolute Gasteiger partial charge is 0.360 e. The lowest BCUT2D eigenvalue weighted by Crippen LogP contribution is -2.39. The van der Waals surface area contributed by atoms with Crippen molar-refractivity contribution in [1.82, 2.24) is 5.32 Å². The van der Waals surface area contributed by atoms with Crippen LogP contribution >= 0.6 is 12.2 Å². The summed E-state index contributed by atoms with van der Waals surface area (Å²) in [6.45, 7) is 9.53. The first kappa shape index (κ1) is 21.3. The van der Waals surface area contributed by atoms with E-state index in [4.69, 9.17) is 12.2 Å². The average Bonchev–Trinajstić information content (AvgIpc) is 3.07. The van der Waals surface area contributed by atoms with E-state index in [9.17, 15) is 4.79 Å². The summed E-state index contributed by atoms with van der Waals surface area (Å²) in [5, 5.41) is 7.31. The molecule has 2 N–H and O–H groups in total. The van der Waals surface area contributed by atoms with Crippen molar-refractivity contribution < 1.29 is 4.79 Å². The van der Waals surface area contributed by atoms with Crippen molar-refractivity contribution in [2.45, 2.75) is 58.4 Å². The molecule has 1 amide bonds. The van der Waals surface area contributed by atoms with Crippen LogP contribution in [0.5, 0.6) is 0 Å². The normalized spacial score (nSPS) is 15.3. The van der Waals surface area contributed by atoms with Crippen molar-refractivity contribution >= 4 is 34.6 Å². The summed E-state index contributed by atoms with van der Waals surface area (Å²) in [6, 6.07) is 16.9. The lowest BCUT2D eigenvalue weighted by Gasteiger charge is -2.29. The molecule has 0 bridgehead atoms. The summed E-state index contributed by atoms with van der Waals surface area (Å²) in [7, 11) is 0. The molecule has 0 aliphatic carbocycles. The van der Waals surface area contributed by atoms with Gasteiger partial charge in [0.1, 0.15) is 0 Å². The van der Waals surface area contributed by atoms with Crippen LogP contribution in [0.2, 0.25) is 0 Å². The van der Waals surface area contributed by atoms with Gasteiger partial charge in [0.05, 0.1) is 0 Å². The van der Waals surface area contributed by atoms with Gasteiger partial charge < -0.3 is 15.5 Å². The second-order valence-corrected chi connectivity index (χ2v) is 9.01. The highest BCUT2D eigenvalue weighted by Crippen LogP contribution is 2.29. The van der Waals surface area contributed by atoms with Gasteiger partial charge in [0.25, 0.3) is 0 Å². The van der Waals surface area contributed by atoms with Crippen molar-refractivity contribution in [2.75, 3.05) is 16.8 Å². The number of benzene rings is 2. The number of thiocarbonyl (C=S) groups is 1. The van der Waals surface area contributed by atoms with Gasteiger partial charge in [-0.05, 0) is 73.6 Å². The summed E-state index contributed by atoms with van der Waals surface area (Å²) >= 11 is 5.53. The first-order valence-corrected chi connectivity index (χ1v) is 10.7. The summed E-state index contributed by atoms with van der Waals surface area (Å²) in [4.78, 5) is 13.9. The summed E-state index contributed by atoms with van der Waals surface area (Å²) in [5.74, 6) is 0.209. The number of hydrogen-bond acceptors (Lipinski definition) is 2. The molecule has 5 heteroatoms. The van der Waals surface area contributed by atoms with Crippen LogP contribution in [0.25, 0.3) is 0 Å². The molecule has 2 aromatic carbocycles. The zero-order chi connectivity index (χ0) is 21.0. The lowest BCUT2D eigenvalue weighted by atomic mass is 9.79. The van der Waals surface area contributed by atoms with Gasteiger partial charge in [0, 0.05) is 30.4 Å².